The third kappa shape index (κ3) is 3.06. The Bertz CT molecular complexity index is 877. The number of likely N-dealkylation sites (tertiary alicyclic amines) is 1. The van der Waals surface area contributed by atoms with Crippen LogP contribution in [-0.4, -0.2) is 49.7 Å². The molecule has 2 aromatic heterocycles. The van der Waals surface area contributed by atoms with Gasteiger partial charge in [-0.2, -0.15) is 5.10 Å². The summed E-state index contributed by atoms with van der Waals surface area (Å²) in [6.07, 6.45) is 3.93. The zero-order chi connectivity index (χ0) is 18.4. The lowest BCUT2D eigenvalue weighted by Crippen LogP contribution is -2.39. The molecule has 1 N–H and O–H groups in total. The highest BCUT2D eigenvalue weighted by atomic mass is 16.4. The number of nitrogens with zero attached hydrogens (tertiary/aromatic N) is 4. The molecule has 0 spiro atoms. The van der Waals surface area contributed by atoms with Crippen molar-refractivity contribution in [3.05, 3.63) is 23.0 Å². The summed E-state index contributed by atoms with van der Waals surface area (Å²) in [6, 6.07) is 1.96. The molecule has 2 aromatic rings. The molecule has 0 radical (unpaired) electrons. The number of fused-ring (bicyclic) bond motifs is 1. The van der Waals surface area contributed by atoms with Gasteiger partial charge in [0.1, 0.15) is 0 Å². The molecule has 3 heterocycles. The second kappa shape index (κ2) is 6.37. The molecule has 1 aliphatic carbocycles. The number of carboxylic acids is 1. The summed E-state index contributed by atoms with van der Waals surface area (Å²) in [5, 5.41) is 14.3. The second-order valence-corrected chi connectivity index (χ2v) is 7.61. The fraction of sp³-hybridized carbons (Fsp3) is 0.579. The van der Waals surface area contributed by atoms with Crippen LogP contribution in [0.25, 0.3) is 11.0 Å². The van der Waals surface area contributed by atoms with E-state index in [1.165, 1.54) is 0 Å². The number of aromatic nitrogens is 3. The molecule has 0 bridgehead atoms. The van der Waals surface area contributed by atoms with Gasteiger partial charge in [-0.3, -0.25) is 14.3 Å². The number of pyridine rings is 1. The van der Waals surface area contributed by atoms with Crippen LogP contribution in [0.2, 0.25) is 0 Å². The summed E-state index contributed by atoms with van der Waals surface area (Å²) in [5.41, 5.74) is 3.28. The van der Waals surface area contributed by atoms with E-state index < -0.39 is 5.97 Å². The third-order valence-electron chi connectivity index (χ3n) is 5.58. The SMILES string of the molecule is Cc1nn(C)c2nc(C3CC3)cc(C(=O)N3CCC(CC(=O)O)CC3)c12. The fourth-order valence-electron chi connectivity index (χ4n) is 3.98. The quantitative estimate of drug-likeness (QED) is 0.909. The maximum atomic E-state index is 13.2. The van der Waals surface area contributed by atoms with E-state index in [1.54, 1.807) is 4.68 Å². The number of carboxylic acid groups (broad SMARTS) is 1. The standard InChI is InChI=1S/C19H24N4O3/c1-11-17-14(10-15(13-3-4-13)20-18(17)22(2)21-11)19(26)23-7-5-12(6-8-23)9-16(24)25/h10,12-13H,3-9H2,1-2H3,(H,24,25). The Hall–Kier alpha value is -2.44. The summed E-state index contributed by atoms with van der Waals surface area (Å²) < 4.78 is 1.76. The monoisotopic (exact) mass is 356 g/mol. The first-order valence-corrected chi connectivity index (χ1v) is 9.29. The number of piperidine rings is 1. The lowest BCUT2D eigenvalue weighted by Gasteiger charge is -2.31. The molecule has 1 saturated heterocycles. The topological polar surface area (TPSA) is 88.3 Å². The van der Waals surface area contributed by atoms with Crippen molar-refractivity contribution in [2.75, 3.05) is 13.1 Å². The molecule has 0 aromatic carbocycles. The van der Waals surface area contributed by atoms with Gasteiger partial charge < -0.3 is 10.0 Å². The minimum atomic E-state index is -0.759. The molecule has 0 atom stereocenters. The first-order valence-electron chi connectivity index (χ1n) is 9.29. The van der Waals surface area contributed by atoms with E-state index in [2.05, 4.69) is 5.10 Å². The van der Waals surface area contributed by atoms with Gasteiger partial charge >= 0.3 is 5.97 Å². The van der Waals surface area contributed by atoms with Gasteiger partial charge in [0.05, 0.1) is 16.6 Å². The Morgan fingerprint density at radius 2 is 1.92 bits per heavy atom. The van der Waals surface area contributed by atoms with Crippen LogP contribution in [-0.2, 0) is 11.8 Å². The number of carbonyl (C=O) groups is 2. The minimum absolute atomic E-state index is 0.0178. The number of carbonyl (C=O) groups excluding carboxylic acids is 1. The number of hydrogen-bond donors (Lipinski definition) is 1. The van der Waals surface area contributed by atoms with Gasteiger partial charge in [0.2, 0.25) is 0 Å². The predicted molar refractivity (Wildman–Crippen MR) is 96.1 cm³/mol. The number of rotatable bonds is 4. The maximum Gasteiger partial charge on any atom is 0.303 e. The average molecular weight is 356 g/mol. The van der Waals surface area contributed by atoms with Crippen molar-refractivity contribution in [2.24, 2.45) is 13.0 Å². The zero-order valence-corrected chi connectivity index (χ0v) is 15.2. The largest absolute Gasteiger partial charge is 0.481 e. The number of aliphatic carboxylic acids is 1. The molecule has 1 amide bonds. The van der Waals surface area contributed by atoms with Gasteiger partial charge in [-0.1, -0.05) is 0 Å². The molecule has 4 rings (SSSR count). The Labute approximate surface area is 152 Å². The molecule has 0 unspecified atom stereocenters. The van der Waals surface area contributed by atoms with E-state index in [4.69, 9.17) is 10.1 Å². The summed E-state index contributed by atoms with van der Waals surface area (Å²) in [5.74, 6) is -0.117. The van der Waals surface area contributed by atoms with Gasteiger partial charge in [-0.25, -0.2) is 4.98 Å². The van der Waals surface area contributed by atoms with E-state index in [9.17, 15) is 9.59 Å². The van der Waals surface area contributed by atoms with Crippen LogP contribution in [0.3, 0.4) is 0 Å². The van der Waals surface area contributed by atoms with Gasteiger partial charge in [-0.05, 0) is 44.6 Å². The van der Waals surface area contributed by atoms with E-state index in [0.717, 1.165) is 48.1 Å². The van der Waals surface area contributed by atoms with Crippen LogP contribution >= 0.6 is 0 Å². The van der Waals surface area contributed by atoms with Crippen molar-refractivity contribution in [3.63, 3.8) is 0 Å². The van der Waals surface area contributed by atoms with Gasteiger partial charge in [0.25, 0.3) is 5.91 Å². The van der Waals surface area contributed by atoms with Crippen LogP contribution in [0.1, 0.15) is 59.8 Å². The van der Waals surface area contributed by atoms with E-state index >= 15 is 0 Å². The number of hydrogen-bond acceptors (Lipinski definition) is 4. The van der Waals surface area contributed by atoms with E-state index in [1.807, 2.05) is 24.9 Å². The molecule has 1 aliphatic heterocycles. The van der Waals surface area contributed by atoms with Crippen molar-refractivity contribution >= 4 is 22.9 Å². The summed E-state index contributed by atoms with van der Waals surface area (Å²) in [7, 11) is 1.87. The first kappa shape index (κ1) is 17.0. The molecular weight excluding hydrogens is 332 g/mol. The van der Waals surface area contributed by atoms with Crippen LogP contribution in [0, 0.1) is 12.8 Å². The zero-order valence-electron chi connectivity index (χ0n) is 15.2. The molecule has 138 valence electrons. The average Bonchev–Trinajstić information content (AvgIpc) is 3.41. The lowest BCUT2D eigenvalue weighted by molar-refractivity contribution is -0.138. The van der Waals surface area contributed by atoms with Gasteiger partial charge in [0.15, 0.2) is 5.65 Å². The highest BCUT2D eigenvalue weighted by Crippen LogP contribution is 2.40. The van der Waals surface area contributed by atoms with Crippen molar-refractivity contribution in [2.45, 2.75) is 44.9 Å². The third-order valence-corrected chi connectivity index (χ3v) is 5.58. The predicted octanol–water partition coefficient (Wildman–Crippen LogP) is 2.48. The molecule has 7 heteroatoms. The minimum Gasteiger partial charge on any atom is -0.481 e. The van der Waals surface area contributed by atoms with Crippen LogP contribution in [0.15, 0.2) is 6.07 Å². The van der Waals surface area contributed by atoms with E-state index in [0.29, 0.717) is 24.6 Å². The molecule has 2 aliphatic rings. The van der Waals surface area contributed by atoms with Gasteiger partial charge in [0, 0.05) is 38.2 Å². The van der Waals surface area contributed by atoms with E-state index in [-0.39, 0.29) is 18.2 Å². The van der Waals surface area contributed by atoms with Crippen molar-refractivity contribution < 1.29 is 14.7 Å². The summed E-state index contributed by atoms with van der Waals surface area (Å²) in [4.78, 5) is 30.8. The molecule has 1 saturated carbocycles. The summed E-state index contributed by atoms with van der Waals surface area (Å²) in [6.45, 7) is 3.13. The number of aryl methyl sites for hydroxylation is 2. The number of amides is 1. The summed E-state index contributed by atoms with van der Waals surface area (Å²) >= 11 is 0. The van der Waals surface area contributed by atoms with Crippen molar-refractivity contribution in [1.29, 1.82) is 0 Å². The van der Waals surface area contributed by atoms with Crippen molar-refractivity contribution in [3.8, 4) is 0 Å². The molecule has 7 nitrogen and oxygen atoms in total. The highest BCUT2D eigenvalue weighted by molar-refractivity contribution is 6.06. The Kier molecular flexibility index (Phi) is 4.17. The highest BCUT2D eigenvalue weighted by Gasteiger charge is 2.31. The Balaban J connectivity index is 1.63. The maximum absolute atomic E-state index is 13.2. The molecule has 26 heavy (non-hydrogen) atoms. The lowest BCUT2D eigenvalue weighted by atomic mass is 9.93. The van der Waals surface area contributed by atoms with Crippen LogP contribution in [0.4, 0.5) is 0 Å². The Morgan fingerprint density at radius 1 is 1.23 bits per heavy atom. The Morgan fingerprint density at radius 3 is 2.54 bits per heavy atom. The fourth-order valence-corrected chi connectivity index (χ4v) is 3.98. The normalized spacial score (nSPS) is 18.5. The van der Waals surface area contributed by atoms with Crippen LogP contribution < -0.4 is 0 Å². The molecular formula is C19H24N4O3. The first-order chi connectivity index (χ1) is 12.4. The van der Waals surface area contributed by atoms with Gasteiger partial charge in [-0.15, -0.1) is 0 Å². The smallest absolute Gasteiger partial charge is 0.303 e. The molecule has 2 fully saturated rings. The van der Waals surface area contributed by atoms with Crippen molar-refractivity contribution in [1.82, 2.24) is 19.7 Å². The van der Waals surface area contributed by atoms with Crippen LogP contribution in [0.5, 0.6) is 0 Å². The second-order valence-electron chi connectivity index (χ2n) is 7.61.